The number of rotatable bonds is 6. The molecule has 1 heterocycles. The van der Waals surface area contributed by atoms with E-state index in [1.165, 1.54) is 13.0 Å². The number of carbonyl (C=O) groups excluding carboxylic acids is 1. The Bertz CT molecular complexity index is 777. The molecule has 0 aliphatic heterocycles. The minimum atomic E-state index is -3.86. The topological polar surface area (TPSA) is 72.5 Å². The molecular formula is C16H19NO4S2. The third kappa shape index (κ3) is 4.80. The van der Waals surface area contributed by atoms with E-state index in [2.05, 4.69) is 19.2 Å². The lowest BCUT2D eigenvalue weighted by Crippen LogP contribution is -2.18. The molecule has 0 bridgehead atoms. The smallest absolute Gasteiger partial charge is 0.348 e. The van der Waals surface area contributed by atoms with E-state index in [0.717, 1.165) is 21.8 Å². The number of carbonyl (C=O) groups is 1. The summed E-state index contributed by atoms with van der Waals surface area (Å²) < 4.78 is 29.8. The van der Waals surface area contributed by atoms with Crippen LogP contribution in [-0.2, 0) is 21.5 Å². The highest BCUT2D eigenvalue weighted by Crippen LogP contribution is 2.26. The van der Waals surface area contributed by atoms with Gasteiger partial charge in [-0.3, -0.25) is 4.79 Å². The highest BCUT2D eigenvalue weighted by atomic mass is 32.3. The van der Waals surface area contributed by atoms with Gasteiger partial charge in [0, 0.05) is 11.8 Å². The molecule has 0 spiro atoms. The van der Waals surface area contributed by atoms with Gasteiger partial charge in [-0.1, -0.05) is 26.0 Å². The van der Waals surface area contributed by atoms with E-state index < -0.39 is 10.1 Å². The monoisotopic (exact) mass is 353 g/mol. The molecule has 124 valence electrons. The van der Waals surface area contributed by atoms with Gasteiger partial charge in [0.1, 0.15) is 5.75 Å². The maximum atomic E-state index is 12.3. The molecule has 0 unspecified atom stereocenters. The predicted octanol–water partition coefficient (Wildman–Crippen LogP) is 3.28. The highest BCUT2D eigenvalue weighted by molar-refractivity contribution is 7.89. The second-order valence-corrected chi connectivity index (χ2v) is 8.33. The lowest BCUT2D eigenvalue weighted by Gasteiger charge is -2.08. The molecule has 2 aromatic rings. The Hall–Kier alpha value is -1.86. The zero-order chi connectivity index (χ0) is 17.0. The van der Waals surface area contributed by atoms with E-state index in [1.54, 1.807) is 18.2 Å². The molecule has 0 radical (unpaired) electrons. The SMILES string of the molecule is CC(=O)NCc1ccc(S(=O)(=O)Oc2ccc(C(C)C)cc2)s1. The van der Waals surface area contributed by atoms with Crippen LogP contribution >= 0.6 is 11.3 Å². The maximum absolute atomic E-state index is 12.3. The van der Waals surface area contributed by atoms with Crippen molar-refractivity contribution in [2.45, 2.75) is 37.4 Å². The van der Waals surface area contributed by atoms with Crippen LogP contribution in [0.3, 0.4) is 0 Å². The fraction of sp³-hybridized carbons (Fsp3) is 0.312. The first-order chi connectivity index (χ1) is 10.8. The van der Waals surface area contributed by atoms with Gasteiger partial charge in [0.05, 0.1) is 6.54 Å². The maximum Gasteiger partial charge on any atom is 0.348 e. The normalized spacial score (nSPS) is 11.5. The third-order valence-electron chi connectivity index (χ3n) is 3.15. The van der Waals surface area contributed by atoms with Gasteiger partial charge in [0.25, 0.3) is 0 Å². The molecule has 2 rings (SSSR count). The van der Waals surface area contributed by atoms with Crippen LogP contribution in [0.25, 0.3) is 0 Å². The number of thiophene rings is 1. The first-order valence-corrected chi connectivity index (χ1v) is 9.38. The Kier molecular flexibility index (Phi) is 5.43. The van der Waals surface area contributed by atoms with E-state index in [-0.39, 0.29) is 15.9 Å². The average molecular weight is 353 g/mol. The van der Waals surface area contributed by atoms with Crippen molar-refractivity contribution in [2.75, 3.05) is 0 Å². The van der Waals surface area contributed by atoms with Gasteiger partial charge in [0.15, 0.2) is 4.21 Å². The molecule has 0 aliphatic rings. The molecule has 0 atom stereocenters. The van der Waals surface area contributed by atoms with Gasteiger partial charge in [-0.2, -0.15) is 8.42 Å². The first kappa shape index (κ1) is 17.5. The molecule has 7 heteroatoms. The molecule has 0 aliphatic carbocycles. The van der Waals surface area contributed by atoms with Crippen molar-refractivity contribution in [3.05, 3.63) is 46.8 Å². The van der Waals surface area contributed by atoms with E-state index in [1.807, 2.05) is 12.1 Å². The van der Waals surface area contributed by atoms with Crippen LogP contribution in [0.4, 0.5) is 0 Å². The van der Waals surface area contributed by atoms with Crippen molar-refractivity contribution in [3.8, 4) is 5.75 Å². The summed E-state index contributed by atoms with van der Waals surface area (Å²) >= 11 is 1.08. The van der Waals surface area contributed by atoms with Gasteiger partial charge >= 0.3 is 10.1 Å². The van der Waals surface area contributed by atoms with Crippen molar-refractivity contribution >= 4 is 27.4 Å². The van der Waals surface area contributed by atoms with Crippen LogP contribution in [0.5, 0.6) is 5.75 Å². The zero-order valence-corrected chi connectivity index (χ0v) is 14.8. The van der Waals surface area contributed by atoms with E-state index in [0.29, 0.717) is 12.5 Å². The van der Waals surface area contributed by atoms with Crippen LogP contribution in [0.2, 0.25) is 0 Å². The summed E-state index contributed by atoms with van der Waals surface area (Å²) in [6, 6.07) is 10.2. The molecule has 5 nitrogen and oxygen atoms in total. The Morgan fingerprint density at radius 2 is 1.83 bits per heavy atom. The minimum Gasteiger partial charge on any atom is -0.378 e. The standard InChI is InChI=1S/C16H19NO4S2/c1-11(2)13-4-6-14(7-5-13)21-23(19,20)16-9-8-15(22-16)10-17-12(3)18/h4-9,11H,10H2,1-3H3,(H,17,18). The van der Waals surface area contributed by atoms with Crippen molar-refractivity contribution < 1.29 is 17.4 Å². The van der Waals surface area contributed by atoms with Gasteiger partial charge in [-0.15, -0.1) is 11.3 Å². The summed E-state index contributed by atoms with van der Waals surface area (Å²) in [6.45, 7) is 5.84. The summed E-state index contributed by atoms with van der Waals surface area (Å²) in [7, 11) is -3.86. The Morgan fingerprint density at radius 1 is 1.17 bits per heavy atom. The number of benzene rings is 1. The number of amides is 1. The number of hydrogen-bond acceptors (Lipinski definition) is 5. The molecule has 1 aromatic carbocycles. The fourth-order valence-corrected chi connectivity index (χ4v) is 4.06. The molecular weight excluding hydrogens is 334 g/mol. The Morgan fingerprint density at radius 3 is 2.39 bits per heavy atom. The Balaban J connectivity index is 2.10. The molecule has 0 saturated carbocycles. The Labute approximate surface area is 140 Å². The minimum absolute atomic E-state index is 0.116. The second kappa shape index (κ2) is 7.14. The summed E-state index contributed by atoms with van der Waals surface area (Å²) in [5.41, 5.74) is 1.11. The second-order valence-electron chi connectivity index (χ2n) is 5.39. The lowest BCUT2D eigenvalue weighted by molar-refractivity contribution is -0.119. The van der Waals surface area contributed by atoms with Gasteiger partial charge in [-0.25, -0.2) is 0 Å². The molecule has 0 fully saturated rings. The van der Waals surface area contributed by atoms with Crippen LogP contribution in [0, 0.1) is 0 Å². The van der Waals surface area contributed by atoms with Crippen LogP contribution in [0.15, 0.2) is 40.6 Å². The summed E-state index contributed by atoms with van der Waals surface area (Å²) in [6.07, 6.45) is 0. The number of hydrogen-bond donors (Lipinski definition) is 1. The van der Waals surface area contributed by atoms with Crippen LogP contribution in [-0.4, -0.2) is 14.3 Å². The summed E-state index contributed by atoms with van der Waals surface area (Å²) in [5.74, 6) is 0.491. The first-order valence-electron chi connectivity index (χ1n) is 7.15. The summed E-state index contributed by atoms with van der Waals surface area (Å²) in [5, 5.41) is 2.63. The number of nitrogens with one attached hydrogen (secondary N) is 1. The largest absolute Gasteiger partial charge is 0.378 e. The fourth-order valence-electron chi connectivity index (χ4n) is 1.88. The predicted molar refractivity (Wildman–Crippen MR) is 90.2 cm³/mol. The highest BCUT2D eigenvalue weighted by Gasteiger charge is 2.19. The van der Waals surface area contributed by atoms with E-state index in [4.69, 9.17) is 4.18 Å². The molecule has 1 amide bonds. The van der Waals surface area contributed by atoms with Crippen molar-refractivity contribution in [2.24, 2.45) is 0 Å². The van der Waals surface area contributed by atoms with Gasteiger partial charge in [0.2, 0.25) is 5.91 Å². The molecule has 23 heavy (non-hydrogen) atoms. The average Bonchev–Trinajstić information content (AvgIpc) is 2.95. The van der Waals surface area contributed by atoms with E-state index >= 15 is 0 Å². The van der Waals surface area contributed by atoms with Crippen LogP contribution < -0.4 is 9.50 Å². The van der Waals surface area contributed by atoms with Crippen molar-refractivity contribution in [1.29, 1.82) is 0 Å². The van der Waals surface area contributed by atoms with Crippen molar-refractivity contribution in [3.63, 3.8) is 0 Å². The van der Waals surface area contributed by atoms with Gasteiger partial charge in [-0.05, 0) is 35.7 Å². The summed E-state index contributed by atoms with van der Waals surface area (Å²) in [4.78, 5) is 11.6. The van der Waals surface area contributed by atoms with Crippen molar-refractivity contribution in [1.82, 2.24) is 5.32 Å². The van der Waals surface area contributed by atoms with Crippen LogP contribution in [0.1, 0.15) is 37.1 Å². The molecule has 1 aromatic heterocycles. The lowest BCUT2D eigenvalue weighted by atomic mass is 10.0. The molecule has 1 N–H and O–H groups in total. The zero-order valence-electron chi connectivity index (χ0n) is 13.2. The third-order valence-corrected chi connectivity index (χ3v) is 5.93. The quantitative estimate of drug-likeness (QED) is 0.809. The van der Waals surface area contributed by atoms with Gasteiger partial charge < -0.3 is 9.50 Å². The molecule has 0 saturated heterocycles. The van der Waals surface area contributed by atoms with E-state index in [9.17, 15) is 13.2 Å².